The molecule has 0 radical (unpaired) electrons. The van der Waals surface area contributed by atoms with Crippen molar-refractivity contribution in [3.05, 3.63) is 77.9 Å². The van der Waals surface area contributed by atoms with Crippen LogP contribution in [0.4, 0.5) is 0 Å². The van der Waals surface area contributed by atoms with Crippen molar-refractivity contribution >= 4 is 21.6 Å². The van der Waals surface area contributed by atoms with E-state index >= 15 is 0 Å². The summed E-state index contributed by atoms with van der Waals surface area (Å²) in [5.41, 5.74) is 5.40. The number of amides is 1. The van der Waals surface area contributed by atoms with Crippen LogP contribution in [0.15, 0.2) is 76.6 Å². The van der Waals surface area contributed by atoms with Crippen LogP contribution in [-0.2, 0) is 25.9 Å². The summed E-state index contributed by atoms with van der Waals surface area (Å²) in [5.74, 6) is 1.28. The summed E-state index contributed by atoms with van der Waals surface area (Å²) < 4.78 is 54.4. The molecule has 0 saturated heterocycles. The number of hydrazine groups is 1. The lowest BCUT2D eigenvalue weighted by molar-refractivity contribution is -0.129. The van der Waals surface area contributed by atoms with Gasteiger partial charge in [-0.2, -0.15) is 0 Å². The van der Waals surface area contributed by atoms with Crippen LogP contribution in [0.1, 0.15) is 30.9 Å². The largest absolute Gasteiger partial charge is 0.494 e. The summed E-state index contributed by atoms with van der Waals surface area (Å²) in [5, 5.41) is 8.98. The third-order valence-electron chi connectivity index (χ3n) is 7.40. The third-order valence-corrected chi connectivity index (χ3v) is 9.13. The molecule has 45 heavy (non-hydrogen) atoms. The topological polar surface area (TPSA) is 154 Å². The Kier molecular flexibility index (Phi) is 11.3. The smallest absolute Gasteiger partial charge is 0.266 e. The first-order valence-electron chi connectivity index (χ1n) is 14.4. The van der Waals surface area contributed by atoms with Gasteiger partial charge in [-0.3, -0.25) is 10.2 Å². The van der Waals surface area contributed by atoms with Crippen LogP contribution in [0.25, 0.3) is 0 Å². The van der Waals surface area contributed by atoms with Gasteiger partial charge in [0.15, 0.2) is 26.9 Å². The number of nitrogens with one attached hydrogen (secondary N) is 2. The number of hydrogen-bond donors (Lipinski definition) is 3. The summed E-state index contributed by atoms with van der Waals surface area (Å²) in [6.45, 7) is 2.27. The second-order valence-corrected chi connectivity index (χ2v) is 12.4. The first kappa shape index (κ1) is 33.6. The SMILES string of the molecule is COc1cc(CNNC(=O)[C@@]2(CCS(=O)(=O)c3ccccc3)N=C(c3ccc(OCCCO)cc3)O[C@H]2C)cc(OC)c1OC. The van der Waals surface area contributed by atoms with E-state index in [1.54, 1.807) is 61.5 Å². The Hall–Kier alpha value is -4.33. The number of ether oxygens (including phenoxy) is 5. The fraction of sp³-hybridized carbons (Fsp3) is 0.375. The van der Waals surface area contributed by atoms with Gasteiger partial charge in [0.25, 0.3) is 5.91 Å². The van der Waals surface area contributed by atoms with Gasteiger partial charge in [-0.05, 0) is 67.4 Å². The van der Waals surface area contributed by atoms with E-state index in [4.69, 9.17) is 33.8 Å². The van der Waals surface area contributed by atoms with Gasteiger partial charge in [0.2, 0.25) is 11.6 Å². The maximum atomic E-state index is 13.9. The molecule has 0 bridgehead atoms. The van der Waals surface area contributed by atoms with E-state index in [0.29, 0.717) is 41.6 Å². The lowest BCUT2D eigenvalue weighted by Gasteiger charge is -2.28. The molecule has 4 rings (SSSR count). The van der Waals surface area contributed by atoms with E-state index in [9.17, 15) is 13.2 Å². The van der Waals surface area contributed by atoms with Crippen molar-refractivity contribution in [3.8, 4) is 23.0 Å². The monoisotopic (exact) mass is 641 g/mol. The predicted octanol–water partition coefficient (Wildman–Crippen LogP) is 3.06. The van der Waals surface area contributed by atoms with E-state index in [1.807, 2.05) is 0 Å². The minimum absolute atomic E-state index is 0.0299. The number of rotatable bonds is 16. The van der Waals surface area contributed by atoms with E-state index in [2.05, 4.69) is 10.9 Å². The van der Waals surface area contributed by atoms with Gasteiger partial charge >= 0.3 is 0 Å². The highest BCUT2D eigenvalue weighted by Crippen LogP contribution is 2.38. The molecule has 242 valence electrons. The Labute approximate surface area is 263 Å². The number of sulfone groups is 1. The molecule has 3 N–H and O–H groups in total. The maximum Gasteiger partial charge on any atom is 0.266 e. The summed E-state index contributed by atoms with van der Waals surface area (Å²) in [6, 6.07) is 18.5. The molecule has 3 aromatic carbocycles. The molecule has 2 atom stereocenters. The van der Waals surface area contributed by atoms with Gasteiger partial charge in [0, 0.05) is 25.1 Å². The molecule has 0 saturated carbocycles. The molecule has 3 aromatic rings. The van der Waals surface area contributed by atoms with Crippen molar-refractivity contribution in [3.63, 3.8) is 0 Å². The number of aliphatic hydroxyl groups excluding tert-OH is 1. The molecule has 1 amide bonds. The molecule has 12 nitrogen and oxygen atoms in total. The van der Waals surface area contributed by atoms with E-state index < -0.39 is 27.4 Å². The summed E-state index contributed by atoms with van der Waals surface area (Å²) in [6.07, 6.45) is -0.414. The maximum absolute atomic E-state index is 13.9. The predicted molar refractivity (Wildman–Crippen MR) is 168 cm³/mol. The lowest BCUT2D eigenvalue weighted by Crippen LogP contribution is -2.55. The molecule has 1 aliphatic heterocycles. The number of carbonyl (C=O) groups excluding carboxylic acids is 1. The molecule has 0 fully saturated rings. The van der Waals surface area contributed by atoms with Crippen LogP contribution in [0.5, 0.6) is 23.0 Å². The molecule has 1 heterocycles. The minimum Gasteiger partial charge on any atom is -0.494 e. The van der Waals surface area contributed by atoms with Crippen molar-refractivity contribution in [2.75, 3.05) is 40.3 Å². The van der Waals surface area contributed by atoms with Crippen LogP contribution >= 0.6 is 0 Å². The molecule has 1 aliphatic rings. The zero-order valence-corrected chi connectivity index (χ0v) is 26.6. The molecule has 0 aromatic heterocycles. The quantitative estimate of drug-likeness (QED) is 0.157. The van der Waals surface area contributed by atoms with Crippen molar-refractivity contribution < 1.29 is 42.0 Å². The zero-order valence-electron chi connectivity index (χ0n) is 25.7. The summed E-state index contributed by atoms with van der Waals surface area (Å²) in [4.78, 5) is 18.8. The van der Waals surface area contributed by atoms with Gasteiger partial charge in [-0.1, -0.05) is 18.2 Å². The first-order valence-corrected chi connectivity index (χ1v) is 16.0. The lowest BCUT2D eigenvalue weighted by atomic mass is 9.90. The van der Waals surface area contributed by atoms with Crippen molar-refractivity contribution in [1.82, 2.24) is 10.9 Å². The number of carbonyl (C=O) groups is 1. The highest BCUT2D eigenvalue weighted by Gasteiger charge is 2.50. The van der Waals surface area contributed by atoms with Crippen LogP contribution in [0.3, 0.4) is 0 Å². The van der Waals surface area contributed by atoms with E-state index in [-0.39, 0.29) is 36.1 Å². The normalized spacial score (nSPS) is 17.6. The van der Waals surface area contributed by atoms with Crippen molar-refractivity contribution in [2.24, 2.45) is 4.99 Å². The fourth-order valence-electron chi connectivity index (χ4n) is 4.86. The number of aliphatic hydroxyl groups is 1. The standard InChI is InChI=1S/C32H39N3O9S/c1-22-32(15-18-45(38,39)26-9-6-5-7-10-26,34-30(44-22)24-11-13-25(14-12-24)43-17-8-16-36)31(37)35-33-21-23-19-27(40-2)29(42-4)28(20-23)41-3/h5-7,9-14,19-20,22,33,36H,8,15-18,21H2,1-4H3,(H,35,37)/t22-,32-/m0/s1. The first-order chi connectivity index (χ1) is 21.7. The van der Waals surface area contributed by atoms with Crippen molar-refractivity contribution in [1.29, 1.82) is 0 Å². The average molecular weight is 642 g/mol. The van der Waals surface area contributed by atoms with Crippen LogP contribution in [0.2, 0.25) is 0 Å². The van der Waals surface area contributed by atoms with Gasteiger partial charge in [-0.15, -0.1) is 0 Å². The molecule has 0 unspecified atom stereocenters. The Morgan fingerprint density at radius 2 is 1.67 bits per heavy atom. The highest BCUT2D eigenvalue weighted by molar-refractivity contribution is 7.91. The van der Waals surface area contributed by atoms with Gasteiger partial charge in [0.1, 0.15) is 11.9 Å². The number of methoxy groups -OCH3 is 3. The van der Waals surface area contributed by atoms with Gasteiger partial charge < -0.3 is 28.8 Å². The van der Waals surface area contributed by atoms with Crippen molar-refractivity contribution in [2.45, 2.75) is 42.8 Å². The van der Waals surface area contributed by atoms with E-state index in [1.165, 1.54) is 33.5 Å². The van der Waals surface area contributed by atoms with Crippen LogP contribution < -0.4 is 29.8 Å². The average Bonchev–Trinajstić information content (AvgIpc) is 3.41. The number of nitrogens with zero attached hydrogens (tertiary/aromatic N) is 1. The van der Waals surface area contributed by atoms with Crippen LogP contribution in [0, 0.1) is 0 Å². The Morgan fingerprint density at radius 1 is 1.00 bits per heavy atom. The van der Waals surface area contributed by atoms with Crippen LogP contribution in [-0.4, -0.2) is 77.3 Å². The Balaban J connectivity index is 1.57. The zero-order chi connectivity index (χ0) is 32.5. The second kappa shape index (κ2) is 15.1. The minimum atomic E-state index is -3.73. The van der Waals surface area contributed by atoms with E-state index in [0.717, 1.165) is 5.56 Å². The number of benzene rings is 3. The summed E-state index contributed by atoms with van der Waals surface area (Å²) >= 11 is 0. The molecule has 0 aliphatic carbocycles. The second-order valence-electron chi connectivity index (χ2n) is 10.3. The summed E-state index contributed by atoms with van der Waals surface area (Å²) in [7, 11) is 0.809. The van der Waals surface area contributed by atoms with Gasteiger partial charge in [-0.25, -0.2) is 18.8 Å². The number of aliphatic imine (C=N–C) groups is 1. The highest BCUT2D eigenvalue weighted by atomic mass is 32.2. The molecule has 13 heteroatoms. The molecular weight excluding hydrogens is 602 g/mol. The Bertz CT molecular complexity index is 1560. The molecule has 0 spiro atoms. The molecular formula is C32H39N3O9S. The third kappa shape index (κ3) is 7.85. The Morgan fingerprint density at radius 3 is 2.27 bits per heavy atom. The fourth-order valence-corrected chi connectivity index (χ4v) is 6.25. The number of hydrogen-bond acceptors (Lipinski definition) is 11. The van der Waals surface area contributed by atoms with Gasteiger partial charge in [0.05, 0.1) is 38.6 Å².